The number of nitrogens with one attached hydrogen (secondary N) is 1. The van der Waals surface area contributed by atoms with E-state index in [9.17, 15) is 22.4 Å². The van der Waals surface area contributed by atoms with Crippen LogP contribution in [0, 0.1) is 5.82 Å². The van der Waals surface area contributed by atoms with E-state index in [2.05, 4.69) is 5.32 Å². The van der Waals surface area contributed by atoms with Crippen molar-refractivity contribution in [2.45, 2.75) is 23.8 Å². The summed E-state index contributed by atoms with van der Waals surface area (Å²) in [5.74, 6) is -1.84. The molecule has 1 unspecified atom stereocenters. The van der Waals surface area contributed by atoms with Gasteiger partial charge in [-0.15, -0.1) is 0 Å². The van der Waals surface area contributed by atoms with Crippen molar-refractivity contribution in [2.75, 3.05) is 5.32 Å². The third-order valence-corrected chi connectivity index (χ3v) is 5.70. The molecule has 0 aromatic heterocycles. The minimum Gasteiger partial charge on any atom is -0.324 e. The van der Waals surface area contributed by atoms with Crippen LogP contribution in [-0.2, 0) is 19.6 Å². The summed E-state index contributed by atoms with van der Waals surface area (Å²) in [5, 5.41) is 2.46. The summed E-state index contributed by atoms with van der Waals surface area (Å²) in [7, 11) is -4.13. The molecule has 2 aromatic rings. The fraction of sp³-hybridized carbons (Fsp3) is 0.176. The van der Waals surface area contributed by atoms with Gasteiger partial charge < -0.3 is 5.32 Å². The van der Waals surface area contributed by atoms with Crippen molar-refractivity contribution >= 4 is 27.5 Å². The number of halogens is 1. The third kappa shape index (κ3) is 3.39. The summed E-state index contributed by atoms with van der Waals surface area (Å²) in [6.45, 7) is 0. The van der Waals surface area contributed by atoms with E-state index in [1.54, 1.807) is 6.07 Å². The summed E-state index contributed by atoms with van der Waals surface area (Å²) >= 11 is 0. The maximum atomic E-state index is 13.2. The number of amides is 2. The van der Waals surface area contributed by atoms with Gasteiger partial charge in [0.1, 0.15) is 11.9 Å². The summed E-state index contributed by atoms with van der Waals surface area (Å²) in [6.07, 6.45) is 0.0271. The molecule has 1 saturated heterocycles. The molecular formula is C17H15FN2O4S. The van der Waals surface area contributed by atoms with Gasteiger partial charge in [-0.2, -0.15) is 0 Å². The van der Waals surface area contributed by atoms with Gasteiger partial charge in [0.15, 0.2) is 0 Å². The zero-order valence-electron chi connectivity index (χ0n) is 13.1. The Morgan fingerprint density at radius 2 is 1.84 bits per heavy atom. The van der Waals surface area contributed by atoms with Gasteiger partial charge in [0.2, 0.25) is 11.8 Å². The van der Waals surface area contributed by atoms with Crippen LogP contribution in [0.3, 0.4) is 0 Å². The van der Waals surface area contributed by atoms with Crippen molar-refractivity contribution in [3.63, 3.8) is 0 Å². The molecule has 1 atom stereocenters. The van der Waals surface area contributed by atoms with Crippen molar-refractivity contribution < 1.29 is 22.4 Å². The highest BCUT2D eigenvalue weighted by atomic mass is 32.2. The Morgan fingerprint density at radius 1 is 1.12 bits per heavy atom. The Kier molecular flexibility index (Phi) is 4.54. The molecule has 0 aliphatic carbocycles. The molecule has 8 heteroatoms. The molecule has 0 radical (unpaired) electrons. The highest BCUT2D eigenvalue weighted by Gasteiger charge is 2.44. The minimum absolute atomic E-state index is 0.0483. The number of hydrogen-bond acceptors (Lipinski definition) is 4. The Bertz CT molecular complexity index is 915. The summed E-state index contributed by atoms with van der Waals surface area (Å²) in [5.41, 5.74) is 0.196. The fourth-order valence-corrected chi connectivity index (χ4v) is 4.32. The minimum atomic E-state index is -4.13. The molecule has 1 aliphatic rings. The Morgan fingerprint density at radius 3 is 2.52 bits per heavy atom. The van der Waals surface area contributed by atoms with E-state index in [1.165, 1.54) is 42.5 Å². The number of sulfonamides is 1. The first kappa shape index (κ1) is 17.1. The predicted molar refractivity (Wildman–Crippen MR) is 88.5 cm³/mol. The highest BCUT2D eigenvalue weighted by molar-refractivity contribution is 7.89. The molecule has 2 amide bonds. The van der Waals surface area contributed by atoms with Crippen LogP contribution in [0.25, 0.3) is 0 Å². The second-order valence-electron chi connectivity index (χ2n) is 5.56. The Balaban J connectivity index is 1.88. The number of rotatable bonds is 4. The Hall–Kier alpha value is -2.74. The molecule has 1 aliphatic heterocycles. The van der Waals surface area contributed by atoms with E-state index in [0.29, 0.717) is 4.31 Å². The smallest absolute Gasteiger partial charge is 0.267 e. The van der Waals surface area contributed by atoms with Gasteiger partial charge in [-0.05, 0) is 36.8 Å². The first-order valence-corrected chi connectivity index (χ1v) is 9.02. The molecule has 25 heavy (non-hydrogen) atoms. The number of hydrogen-bond donors (Lipinski definition) is 1. The van der Waals surface area contributed by atoms with E-state index in [1.807, 2.05) is 0 Å². The molecular weight excluding hydrogens is 347 g/mol. The number of anilines is 1. The second-order valence-corrected chi connectivity index (χ2v) is 7.38. The maximum absolute atomic E-state index is 13.2. The van der Waals surface area contributed by atoms with Crippen molar-refractivity contribution in [3.8, 4) is 0 Å². The number of carbonyl (C=O) groups is 2. The van der Waals surface area contributed by atoms with Crippen LogP contribution in [0.1, 0.15) is 12.8 Å². The standard InChI is InChI=1S/C17H15FN2O4S/c18-12-5-4-6-13(11-12)19-17(22)15-9-10-16(21)20(15)25(23,24)14-7-2-1-3-8-14/h1-8,11,15H,9-10H2,(H,19,22). The van der Waals surface area contributed by atoms with Crippen LogP contribution < -0.4 is 5.32 Å². The summed E-state index contributed by atoms with van der Waals surface area (Å²) < 4.78 is 39.3. The average Bonchev–Trinajstić information content (AvgIpc) is 2.98. The summed E-state index contributed by atoms with van der Waals surface area (Å²) in [4.78, 5) is 24.5. The van der Waals surface area contributed by atoms with E-state index >= 15 is 0 Å². The number of carbonyl (C=O) groups excluding carboxylic acids is 2. The molecule has 0 bridgehead atoms. The van der Waals surface area contributed by atoms with Gasteiger partial charge in [0, 0.05) is 12.1 Å². The van der Waals surface area contributed by atoms with Gasteiger partial charge in [0.05, 0.1) is 4.90 Å². The van der Waals surface area contributed by atoms with E-state index in [4.69, 9.17) is 0 Å². The molecule has 130 valence electrons. The van der Waals surface area contributed by atoms with Crippen LogP contribution in [0.15, 0.2) is 59.5 Å². The lowest BCUT2D eigenvalue weighted by Crippen LogP contribution is -2.45. The summed E-state index contributed by atoms with van der Waals surface area (Å²) in [6, 6.07) is 11.5. The van der Waals surface area contributed by atoms with Crippen molar-refractivity contribution in [3.05, 3.63) is 60.4 Å². The van der Waals surface area contributed by atoms with E-state index < -0.39 is 33.7 Å². The first-order chi connectivity index (χ1) is 11.9. The molecule has 1 N–H and O–H groups in total. The molecule has 2 aromatic carbocycles. The highest BCUT2D eigenvalue weighted by Crippen LogP contribution is 2.28. The topological polar surface area (TPSA) is 83.6 Å². The largest absolute Gasteiger partial charge is 0.324 e. The molecule has 0 saturated carbocycles. The molecule has 1 heterocycles. The quantitative estimate of drug-likeness (QED) is 0.903. The van der Waals surface area contributed by atoms with Gasteiger partial charge in [-0.1, -0.05) is 24.3 Å². The van der Waals surface area contributed by atoms with Gasteiger partial charge >= 0.3 is 0 Å². The van der Waals surface area contributed by atoms with Gasteiger partial charge in [0.25, 0.3) is 10.0 Å². The monoisotopic (exact) mass is 362 g/mol. The van der Waals surface area contributed by atoms with Crippen LogP contribution in [-0.4, -0.2) is 30.6 Å². The number of nitrogens with zero attached hydrogens (tertiary/aromatic N) is 1. The van der Waals surface area contributed by atoms with Crippen LogP contribution >= 0.6 is 0 Å². The molecule has 1 fully saturated rings. The SMILES string of the molecule is O=C(Nc1cccc(F)c1)C1CCC(=O)N1S(=O)(=O)c1ccccc1. The lowest BCUT2D eigenvalue weighted by Gasteiger charge is -2.23. The zero-order chi connectivity index (χ0) is 18.0. The van der Waals surface area contributed by atoms with Crippen molar-refractivity contribution in [1.29, 1.82) is 0 Å². The molecule has 6 nitrogen and oxygen atoms in total. The molecule has 3 rings (SSSR count). The van der Waals surface area contributed by atoms with Gasteiger partial charge in [-0.25, -0.2) is 17.1 Å². The zero-order valence-corrected chi connectivity index (χ0v) is 13.9. The lowest BCUT2D eigenvalue weighted by molar-refractivity contribution is -0.128. The van der Waals surface area contributed by atoms with Crippen LogP contribution in [0.5, 0.6) is 0 Å². The first-order valence-electron chi connectivity index (χ1n) is 7.58. The second kappa shape index (κ2) is 6.64. The van der Waals surface area contributed by atoms with E-state index in [0.717, 1.165) is 6.07 Å². The van der Waals surface area contributed by atoms with Gasteiger partial charge in [-0.3, -0.25) is 9.59 Å². The van der Waals surface area contributed by atoms with E-state index in [-0.39, 0.29) is 23.4 Å². The normalized spacial score (nSPS) is 17.6. The average molecular weight is 362 g/mol. The lowest BCUT2D eigenvalue weighted by atomic mass is 10.2. The predicted octanol–water partition coefficient (Wildman–Crippen LogP) is 2.14. The third-order valence-electron chi connectivity index (χ3n) is 3.86. The van der Waals surface area contributed by atoms with Crippen molar-refractivity contribution in [1.82, 2.24) is 4.31 Å². The van der Waals surface area contributed by atoms with Crippen LogP contribution in [0.4, 0.5) is 10.1 Å². The molecule has 0 spiro atoms. The maximum Gasteiger partial charge on any atom is 0.267 e. The number of benzene rings is 2. The van der Waals surface area contributed by atoms with Crippen LogP contribution in [0.2, 0.25) is 0 Å². The fourth-order valence-electron chi connectivity index (χ4n) is 2.70. The van der Waals surface area contributed by atoms with Crippen molar-refractivity contribution in [2.24, 2.45) is 0 Å². The Labute approximate surface area is 144 Å².